The monoisotopic (exact) mass is 397 g/mol. The first-order chi connectivity index (χ1) is 14.6. The molecule has 1 aliphatic carbocycles. The summed E-state index contributed by atoms with van der Waals surface area (Å²) >= 11 is 0. The summed E-state index contributed by atoms with van der Waals surface area (Å²) in [5, 5.41) is 13.6. The van der Waals surface area contributed by atoms with Crippen LogP contribution in [0.5, 0.6) is 0 Å². The molecule has 0 radical (unpaired) electrons. The predicted molar refractivity (Wildman–Crippen MR) is 112 cm³/mol. The molecule has 1 aliphatic rings. The van der Waals surface area contributed by atoms with E-state index in [1.54, 1.807) is 30.6 Å². The smallest absolute Gasteiger partial charge is 0.161 e. The number of halogens is 2. The Balaban J connectivity index is 1.49. The highest BCUT2D eigenvalue weighted by atomic mass is 19.2. The van der Waals surface area contributed by atoms with Crippen molar-refractivity contribution in [2.24, 2.45) is 0 Å². The summed E-state index contributed by atoms with van der Waals surface area (Å²) in [6.45, 7) is 0. The van der Waals surface area contributed by atoms with E-state index < -0.39 is 17.7 Å². The molecule has 5 rings (SSSR count). The fraction of sp³-hybridized carbons (Fsp3) is 0.0400. The van der Waals surface area contributed by atoms with Gasteiger partial charge in [0.1, 0.15) is 0 Å². The van der Waals surface area contributed by atoms with Crippen LogP contribution in [0.4, 0.5) is 8.78 Å². The normalized spacial score (nSPS) is 15.2. The van der Waals surface area contributed by atoms with E-state index in [1.165, 1.54) is 0 Å². The highest BCUT2D eigenvalue weighted by molar-refractivity contribution is 5.82. The number of hydrogen-bond acceptors (Lipinski definition) is 3. The van der Waals surface area contributed by atoms with Crippen LogP contribution in [0, 0.1) is 11.6 Å². The lowest BCUT2D eigenvalue weighted by Gasteiger charge is -2.25. The molecule has 1 atom stereocenters. The number of fused-ring (bicyclic) bond motifs is 3. The Kier molecular flexibility index (Phi) is 4.45. The van der Waals surface area contributed by atoms with Crippen LogP contribution in [0.15, 0.2) is 60.9 Å². The van der Waals surface area contributed by atoms with E-state index in [-0.39, 0.29) is 0 Å². The molecule has 5 heteroatoms. The van der Waals surface area contributed by atoms with Crippen molar-refractivity contribution >= 4 is 35.2 Å². The minimum atomic E-state index is -1.02. The maximum atomic E-state index is 13.5. The molecular formula is C25H15F2N2O-. The molecule has 4 aromatic rings. The van der Waals surface area contributed by atoms with Crippen molar-refractivity contribution in [2.45, 2.75) is 6.10 Å². The Bertz CT molecular complexity index is 1340. The van der Waals surface area contributed by atoms with Crippen LogP contribution in [0.3, 0.4) is 0 Å². The fourth-order valence-electron chi connectivity index (χ4n) is 3.62. The molecule has 3 nitrogen and oxygen atoms in total. The van der Waals surface area contributed by atoms with Gasteiger partial charge < -0.3 is 5.11 Å². The van der Waals surface area contributed by atoms with Gasteiger partial charge in [-0.15, -0.1) is 0 Å². The highest BCUT2D eigenvalue weighted by Crippen LogP contribution is 2.31. The second-order valence-corrected chi connectivity index (χ2v) is 7.13. The Hall–Kier alpha value is -3.70. The molecule has 0 amide bonds. The van der Waals surface area contributed by atoms with Crippen molar-refractivity contribution in [1.29, 1.82) is 0 Å². The summed E-state index contributed by atoms with van der Waals surface area (Å²) in [6.07, 6.45) is 9.78. The minimum Gasteiger partial charge on any atom is -0.845 e. The van der Waals surface area contributed by atoms with E-state index in [1.807, 2.05) is 42.5 Å². The molecule has 30 heavy (non-hydrogen) atoms. The third-order valence-electron chi connectivity index (χ3n) is 5.20. The first kappa shape index (κ1) is 18.3. The number of pyridine rings is 2. The molecule has 2 aromatic carbocycles. The fourth-order valence-corrected chi connectivity index (χ4v) is 3.62. The summed E-state index contributed by atoms with van der Waals surface area (Å²) in [5.41, 5.74) is 4.93. The average Bonchev–Trinajstić information content (AvgIpc) is 2.90. The van der Waals surface area contributed by atoms with Crippen LogP contribution in [0.2, 0.25) is 0 Å². The van der Waals surface area contributed by atoms with Crippen LogP contribution in [-0.4, -0.2) is 9.97 Å². The van der Waals surface area contributed by atoms with E-state index in [9.17, 15) is 13.9 Å². The molecule has 146 valence electrons. The second kappa shape index (κ2) is 7.28. The van der Waals surface area contributed by atoms with Gasteiger partial charge in [-0.3, -0.25) is 4.98 Å². The predicted octanol–water partition coefficient (Wildman–Crippen LogP) is 5.01. The molecule has 2 aromatic heterocycles. The van der Waals surface area contributed by atoms with E-state index in [2.05, 4.69) is 9.97 Å². The van der Waals surface area contributed by atoms with Crippen LogP contribution < -0.4 is 5.11 Å². The van der Waals surface area contributed by atoms with Crippen molar-refractivity contribution < 1.29 is 13.9 Å². The van der Waals surface area contributed by atoms with Gasteiger partial charge >= 0.3 is 0 Å². The van der Waals surface area contributed by atoms with Gasteiger partial charge in [0, 0.05) is 23.8 Å². The molecular weight excluding hydrogens is 382 g/mol. The lowest BCUT2D eigenvalue weighted by molar-refractivity contribution is -0.411. The van der Waals surface area contributed by atoms with E-state index in [0.717, 1.165) is 28.8 Å². The minimum absolute atomic E-state index is 0.381. The molecule has 1 unspecified atom stereocenters. The third-order valence-corrected chi connectivity index (χ3v) is 5.20. The zero-order valence-corrected chi connectivity index (χ0v) is 15.7. The number of nitrogens with zero attached hydrogens (tertiary/aromatic N) is 2. The lowest BCUT2D eigenvalue weighted by Crippen LogP contribution is -2.18. The molecule has 2 heterocycles. The van der Waals surface area contributed by atoms with Crippen LogP contribution >= 0.6 is 0 Å². The molecule has 0 spiro atoms. The lowest BCUT2D eigenvalue weighted by atomic mass is 9.96. The SMILES string of the molecule is [O-]C1c2cnccc2C=Cc2ccc(/C=C/c3ccc4cc(F)c(F)cc4n3)cc21. The second-order valence-electron chi connectivity index (χ2n) is 7.13. The zero-order chi connectivity index (χ0) is 20.7. The number of rotatable bonds is 2. The Labute approximate surface area is 171 Å². The van der Waals surface area contributed by atoms with Gasteiger partial charge in [0.15, 0.2) is 11.6 Å². The van der Waals surface area contributed by atoms with E-state index in [0.29, 0.717) is 27.7 Å². The van der Waals surface area contributed by atoms with Crippen molar-refractivity contribution in [3.63, 3.8) is 0 Å². The van der Waals surface area contributed by atoms with Crippen molar-refractivity contribution in [1.82, 2.24) is 9.97 Å². The standard InChI is InChI=1S/C25H15F2N2O/c26-22-12-18-6-8-19(29-24(18)13-23(22)27)7-2-15-1-3-16-4-5-17-9-10-28-14-21(17)25(30)20(16)11-15/h1-14,25H/q-1/b7-2+. The largest absolute Gasteiger partial charge is 0.845 e. The number of aromatic nitrogens is 2. The molecule has 0 bridgehead atoms. The van der Waals surface area contributed by atoms with Crippen LogP contribution in [-0.2, 0) is 0 Å². The maximum absolute atomic E-state index is 13.5. The van der Waals surface area contributed by atoms with E-state index >= 15 is 0 Å². The third kappa shape index (κ3) is 3.29. The van der Waals surface area contributed by atoms with Crippen molar-refractivity contribution in [3.8, 4) is 0 Å². The molecule has 0 fully saturated rings. The van der Waals surface area contributed by atoms with Crippen LogP contribution in [0.1, 0.15) is 39.6 Å². The van der Waals surface area contributed by atoms with Crippen molar-refractivity contribution in [2.75, 3.05) is 0 Å². The quantitative estimate of drug-likeness (QED) is 0.478. The molecule has 0 aliphatic heterocycles. The van der Waals surface area contributed by atoms with Crippen LogP contribution in [0.25, 0.3) is 35.2 Å². The zero-order valence-electron chi connectivity index (χ0n) is 15.7. The summed E-state index contributed by atoms with van der Waals surface area (Å²) in [7, 11) is 0. The number of hydrogen-bond donors (Lipinski definition) is 0. The van der Waals surface area contributed by atoms with Crippen molar-refractivity contribution in [3.05, 3.63) is 106 Å². The van der Waals surface area contributed by atoms with Gasteiger partial charge in [-0.1, -0.05) is 48.6 Å². The van der Waals surface area contributed by atoms with Gasteiger partial charge in [-0.2, -0.15) is 0 Å². The first-order valence-corrected chi connectivity index (χ1v) is 9.44. The maximum Gasteiger partial charge on any atom is 0.161 e. The van der Waals surface area contributed by atoms with Gasteiger partial charge in [0.25, 0.3) is 0 Å². The molecule has 0 N–H and O–H groups in total. The van der Waals surface area contributed by atoms with Gasteiger partial charge in [-0.25, -0.2) is 13.8 Å². The highest BCUT2D eigenvalue weighted by Gasteiger charge is 2.13. The topological polar surface area (TPSA) is 48.8 Å². The molecule has 0 saturated carbocycles. The van der Waals surface area contributed by atoms with Gasteiger partial charge in [0.05, 0.1) is 11.2 Å². The van der Waals surface area contributed by atoms with Gasteiger partial charge in [-0.05, 0) is 52.1 Å². The Morgan fingerprint density at radius 3 is 2.50 bits per heavy atom. The summed E-state index contributed by atoms with van der Waals surface area (Å²) in [6, 6.07) is 13.2. The summed E-state index contributed by atoms with van der Waals surface area (Å²) in [5.74, 6) is -1.82. The Morgan fingerprint density at radius 1 is 0.833 bits per heavy atom. The van der Waals surface area contributed by atoms with Gasteiger partial charge in [0.2, 0.25) is 0 Å². The first-order valence-electron chi connectivity index (χ1n) is 9.44. The number of benzene rings is 2. The Morgan fingerprint density at radius 2 is 1.63 bits per heavy atom. The summed E-state index contributed by atoms with van der Waals surface area (Å²) in [4.78, 5) is 8.46. The van der Waals surface area contributed by atoms with E-state index in [4.69, 9.17) is 0 Å². The molecule has 0 saturated heterocycles. The average molecular weight is 397 g/mol. The summed E-state index contributed by atoms with van der Waals surface area (Å²) < 4.78 is 26.9.